The number of carbonyl (C=O) groups is 2. The zero-order valence-corrected chi connectivity index (χ0v) is 18.9. The molecule has 0 spiro atoms. The van der Waals surface area contributed by atoms with Gasteiger partial charge < -0.3 is 24.6 Å². The highest BCUT2D eigenvalue weighted by Gasteiger charge is 2.24. The van der Waals surface area contributed by atoms with E-state index in [-0.39, 0.29) is 17.6 Å². The molecule has 2 heterocycles. The first-order valence-electron chi connectivity index (χ1n) is 11.2. The van der Waals surface area contributed by atoms with Crippen LogP contribution < -0.4 is 19.7 Å². The molecule has 0 atom stereocenters. The van der Waals surface area contributed by atoms with Crippen molar-refractivity contribution in [2.45, 2.75) is 0 Å². The van der Waals surface area contributed by atoms with E-state index < -0.39 is 0 Å². The van der Waals surface area contributed by atoms with Gasteiger partial charge in [0.15, 0.2) is 11.5 Å². The summed E-state index contributed by atoms with van der Waals surface area (Å²) in [6.07, 6.45) is 1.67. The third-order valence-electron chi connectivity index (χ3n) is 6.03. The number of anilines is 2. The van der Waals surface area contributed by atoms with Crippen molar-refractivity contribution in [1.82, 2.24) is 4.90 Å². The average molecular weight is 456 g/mol. The van der Waals surface area contributed by atoms with E-state index in [0.717, 1.165) is 30.1 Å². The SMILES string of the molecule is COc1ccccc1N1CCN(C(=O)c2ccc(/C=C3\Oc4ccccc4NC3=O)cc2)CC1. The quantitative estimate of drug-likeness (QED) is 0.602. The van der Waals surface area contributed by atoms with E-state index in [0.29, 0.717) is 30.1 Å². The summed E-state index contributed by atoms with van der Waals surface area (Å²) in [6, 6.07) is 22.4. The highest BCUT2D eigenvalue weighted by molar-refractivity contribution is 6.08. The van der Waals surface area contributed by atoms with Gasteiger partial charge in [0.1, 0.15) is 5.75 Å². The van der Waals surface area contributed by atoms with Gasteiger partial charge in [0.05, 0.1) is 18.5 Å². The Labute approximate surface area is 198 Å². The Morgan fingerprint density at radius 1 is 0.941 bits per heavy atom. The number of para-hydroxylation sites is 4. The number of amides is 2. The Morgan fingerprint density at radius 3 is 2.41 bits per heavy atom. The van der Waals surface area contributed by atoms with E-state index in [2.05, 4.69) is 10.2 Å². The third kappa shape index (κ3) is 4.32. The van der Waals surface area contributed by atoms with E-state index in [1.807, 2.05) is 53.4 Å². The first-order chi connectivity index (χ1) is 16.6. The van der Waals surface area contributed by atoms with Crippen LogP contribution in [0.3, 0.4) is 0 Å². The minimum atomic E-state index is -0.299. The molecule has 0 bridgehead atoms. The lowest BCUT2D eigenvalue weighted by Crippen LogP contribution is -2.48. The molecule has 0 unspecified atom stereocenters. The second kappa shape index (κ2) is 9.31. The summed E-state index contributed by atoms with van der Waals surface area (Å²) in [7, 11) is 1.67. The number of hydrogen-bond donors (Lipinski definition) is 1. The van der Waals surface area contributed by atoms with Gasteiger partial charge in [-0.3, -0.25) is 9.59 Å². The van der Waals surface area contributed by atoms with Crippen molar-refractivity contribution in [1.29, 1.82) is 0 Å². The van der Waals surface area contributed by atoms with Crippen LogP contribution in [0.25, 0.3) is 6.08 Å². The third-order valence-corrected chi connectivity index (χ3v) is 6.03. The number of piperazine rings is 1. The monoisotopic (exact) mass is 455 g/mol. The fraction of sp³-hybridized carbons (Fsp3) is 0.185. The van der Waals surface area contributed by atoms with E-state index in [9.17, 15) is 9.59 Å². The molecular weight excluding hydrogens is 430 g/mol. The molecule has 34 heavy (non-hydrogen) atoms. The van der Waals surface area contributed by atoms with Gasteiger partial charge in [-0.1, -0.05) is 36.4 Å². The highest BCUT2D eigenvalue weighted by Crippen LogP contribution is 2.31. The summed E-state index contributed by atoms with van der Waals surface area (Å²) in [4.78, 5) is 29.5. The van der Waals surface area contributed by atoms with E-state index >= 15 is 0 Å². The van der Waals surface area contributed by atoms with Crippen LogP contribution in [-0.2, 0) is 4.79 Å². The van der Waals surface area contributed by atoms with Crippen molar-refractivity contribution >= 4 is 29.3 Å². The van der Waals surface area contributed by atoms with E-state index in [4.69, 9.17) is 9.47 Å². The van der Waals surface area contributed by atoms with Gasteiger partial charge in [0, 0.05) is 31.7 Å². The molecule has 2 aliphatic heterocycles. The van der Waals surface area contributed by atoms with E-state index in [1.165, 1.54) is 0 Å². The number of benzene rings is 3. The Morgan fingerprint density at radius 2 is 1.65 bits per heavy atom. The second-order valence-electron chi connectivity index (χ2n) is 8.13. The highest BCUT2D eigenvalue weighted by atomic mass is 16.5. The topological polar surface area (TPSA) is 71.1 Å². The molecule has 5 rings (SSSR count). The lowest BCUT2D eigenvalue weighted by Gasteiger charge is -2.36. The predicted molar refractivity (Wildman–Crippen MR) is 131 cm³/mol. The molecule has 0 saturated carbocycles. The minimum absolute atomic E-state index is 0.000494. The summed E-state index contributed by atoms with van der Waals surface area (Å²) in [5.41, 5.74) is 3.09. The largest absolute Gasteiger partial charge is 0.495 e. The minimum Gasteiger partial charge on any atom is -0.495 e. The molecule has 3 aromatic carbocycles. The fourth-order valence-corrected chi connectivity index (χ4v) is 4.20. The number of ether oxygens (including phenoxy) is 2. The normalized spacial score (nSPS) is 16.5. The Hall–Kier alpha value is -4.26. The van der Waals surface area contributed by atoms with Crippen molar-refractivity contribution in [3.05, 3.63) is 89.7 Å². The maximum atomic E-state index is 13.0. The number of carbonyl (C=O) groups excluding carboxylic acids is 2. The molecule has 0 aromatic heterocycles. The number of fused-ring (bicyclic) bond motifs is 1. The van der Waals surface area contributed by atoms with Gasteiger partial charge in [-0.25, -0.2) is 0 Å². The Bertz CT molecular complexity index is 1240. The maximum absolute atomic E-state index is 13.0. The molecule has 2 amide bonds. The van der Waals surface area contributed by atoms with Gasteiger partial charge in [-0.05, 0) is 48.0 Å². The average Bonchev–Trinajstić information content (AvgIpc) is 2.89. The summed E-state index contributed by atoms with van der Waals surface area (Å²) < 4.78 is 11.2. The molecule has 1 saturated heterocycles. The standard InChI is InChI=1S/C27H25N3O4/c1-33-24-9-5-3-7-22(24)29-14-16-30(17-15-29)27(32)20-12-10-19(11-13-20)18-25-26(31)28-21-6-2-4-8-23(21)34-25/h2-13,18H,14-17H2,1H3,(H,28,31)/b25-18-. The number of nitrogens with one attached hydrogen (secondary N) is 1. The number of methoxy groups -OCH3 is 1. The van der Waals surface area contributed by atoms with Crippen LogP contribution in [0.1, 0.15) is 15.9 Å². The van der Waals surface area contributed by atoms with Gasteiger partial charge in [0.25, 0.3) is 11.8 Å². The molecule has 0 radical (unpaired) electrons. The summed E-state index contributed by atoms with van der Waals surface area (Å²) in [5, 5.41) is 2.82. The van der Waals surface area contributed by atoms with Crippen molar-refractivity contribution in [3.8, 4) is 11.5 Å². The number of hydrogen-bond acceptors (Lipinski definition) is 5. The van der Waals surface area contributed by atoms with Crippen LogP contribution in [0.15, 0.2) is 78.6 Å². The fourth-order valence-electron chi connectivity index (χ4n) is 4.20. The number of rotatable bonds is 4. The second-order valence-corrected chi connectivity index (χ2v) is 8.13. The van der Waals surface area contributed by atoms with Gasteiger partial charge in [-0.2, -0.15) is 0 Å². The van der Waals surface area contributed by atoms with Crippen LogP contribution in [0, 0.1) is 0 Å². The number of nitrogens with zero attached hydrogens (tertiary/aromatic N) is 2. The first-order valence-corrected chi connectivity index (χ1v) is 11.2. The smallest absolute Gasteiger partial charge is 0.291 e. The molecule has 0 aliphatic carbocycles. The molecule has 3 aromatic rings. The van der Waals surface area contributed by atoms with Crippen LogP contribution in [0.4, 0.5) is 11.4 Å². The van der Waals surface area contributed by atoms with Crippen LogP contribution >= 0.6 is 0 Å². The van der Waals surface area contributed by atoms with Crippen LogP contribution in [-0.4, -0.2) is 50.0 Å². The van der Waals surface area contributed by atoms with Crippen LogP contribution in [0.2, 0.25) is 0 Å². The molecular formula is C27H25N3O4. The van der Waals surface area contributed by atoms with Gasteiger partial charge in [0.2, 0.25) is 0 Å². The predicted octanol–water partition coefficient (Wildman–Crippen LogP) is 4.03. The lowest BCUT2D eigenvalue weighted by molar-refractivity contribution is -0.115. The van der Waals surface area contributed by atoms with E-state index in [1.54, 1.807) is 37.5 Å². The molecule has 172 valence electrons. The molecule has 1 N–H and O–H groups in total. The van der Waals surface area contributed by atoms with Crippen molar-refractivity contribution < 1.29 is 19.1 Å². The van der Waals surface area contributed by atoms with Gasteiger partial charge in [-0.15, -0.1) is 0 Å². The Kier molecular flexibility index (Phi) is 5.91. The summed E-state index contributed by atoms with van der Waals surface area (Å²) in [6.45, 7) is 2.75. The summed E-state index contributed by atoms with van der Waals surface area (Å²) in [5.74, 6) is 1.36. The van der Waals surface area contributed by atoms with Crippen molar-refractivity contribution in [2.24, 2.45) is 0 Å². The van der Waals surface area contributed by atoms with Gasteiger partial charge >= 0.3 is 0 Å². The van der Waals surface area contributed by atoms with Crippen molar-refractivity contribution in [2.75, 3.05) is 43.5 Å². The zero-order chi connectivity index (χ0) is 23.5. The Balaban J connectivity index is 1.23. The summed E-state index contributed by atoms with van der Waals surface area (Å²) >= 11 is 0. The molecule has 7 heteroatoms. The maximum Gasteiger partial charge on any atom is 0.291 e. The molecule has 2 aliphatic rings. The zero-order valence-electron chi connectivity index (χ0n) is 18.9. The molecule has 1 fully saturated rings. The molecule has 7 nitrogen and oxygen atoms in total. The first kappa shape index (κ1) is 21.6. The van der Waals surface area contributed by atoms with Crippen LogP contribution in [0.5, 0.6) is 11.5 Å². The lowest BCUT2D eigenvalue weighted by atomic mass is 10.1. The van der Waals surface area contributed by atoms with Crippen molar-refractivity contribution in [3.63, 3.8) is 0 Å².